The minimum atomic E-state index is -3.84. The zero-order valence-corrected chi connectivity index (χ0v) is 22.3. The first-order chi connectivity index (χ1) is 18.4. The molecule has 0 unspecified atom stereocenters. The summed E-state index contributed by atoms with van der Waals surface area (Å²) in [5.41, 5.74) is 1.27. The summed E-state index contributed by atoms with van der Waals surface area (Å²) in [6.45, 7) is 2.77. The van der Waals surface area contributed by atoms with E-state index in [2.05, 4.69) is 22.3 Å². The lowest BCUT2D eigenvalue weighted by Gasteiger charge is -2.43. The number of carbonyl (C=O) groups excluding carboxylic acids is 1. The molecule has 2 aromatic rings. The molecule has 3 fully saturated rings. The molecule has 0 radical (unpaired) electrons. The molecule has 3 aliphatic heterocycles. The second-order valence-electron chi connectivity index (χ2n) is 10.5. The number of aliphatic hydroxyl groups excluding tert-OH is 1. The van der Waals surface area contributed by atoms with Gasteiger partial charge in [-0.25, -0.2) is 8.42 Å². The smallest absolute Gasteiger partial charge is 0.243 e. The number of hydrogen-bond donors (Lipinski definition) is 2. The third-order valence-electron chi connectivity index (χ3n) is 7.58. The van der Waals surface area contributed by atoms with Crippen LogP contribution in [0, 0.1) is 0 Å². The lowest BCUT2D eigenvalue weighted by Crippen LogP contribution is -2.57. The summed E-state index contributed by atoms with van der Waals surface area (Å²) < 4.78 is 40.3. The van der Waals surface area contributed by atoms with Crippen LogP contribution < -0.4 is 5.32 Å². The van der Waals surface area contributed by atoms with Crippen LogP contribution in [0.1, 0.15) is 31.2 Å². The zero-order valence-electron chi connectivity index (χ0n) is 21.5. The fraction of sp³-hybridized carbons (Fsp3) is 0.536. The number of carbonyl (C=O) groups is 1. The highest BCUT2D eigenvalue weighted by molar-refractivity contribution is 7.89. The van der Waals surface area contributed by atoms with E-state index in [1.54, 1.807) is 30.3 Å². The first-order valence-electron chi connectivity index (χ1n) is 13.4. The number of likely N-dealkylation sites (tertiary alicyclic amines) is 1. The Balaban J connectivity index is 1.17. The Kier molecular flexibility index (Phi) is 8.77. The van der Waals surface area contributed by atoms with Gasteiger partial charge in [0, 0.05) is 32.2 Å². The fourth-order valence-electron chi connectivity index (χ4n) is 5.73. The van der Waals surface area contributed by atoms with Gasteiger partial charge in [0.2, 0.25) is 15.9 Å². The maximum atomic E-state index is 13.5. The van der Waals surface area contributed by atoms with E-state index in [0.717, 1.165) is 26.1 Å². The number of benzene rings is 2. The van der Waals surface area contributed by atoms with E-state index < -0.39 is 28.3 Å². The number of β-amino-alcohol motifs (C(OH)–C–C–N with tert-alkyl or cyclic N) is 1. The van der Waals surface area contributed by atoms with Gasteiger partial charge in [-0.15, -0.1) is 0 Å². The summed E-state index contributed by atoms with van der Waals surface area (Å²) in [6, 6.07) is 18.2. The normalized spacial score (nSPS) is 29.2. The van der Waals surface area contributed by atoms with Crippen LogP contribution in [-0.4, -0.2) is 91.9 Å². The number of sulfonamides is 1. The van der Waals surface area contributed by atoms with Gasteiger partial charge in [0.1, 0.15) is 0 Å². The average molecular weight is 544 g/mol. The first-order valence-corrected chi connectivity index (χ1v) is 14.9. The van der Waals surface area contributed by atoms with Gasteiger partial charge < -0.3 is 19.9 Å². The number of nitrogens with zero attached hydrogens (tertiary/aromatic N) is 2. The molecule has 5 rings (SSSR count). The number of aliphatic hydroxyl groups is 1. The second kappa shape index (κ2) is 12.2. The average Bonchev–Trinajstić information content (AvgIpc) is 3.34. The standard InChI is InChI=1S/C28H37N3O6S/c32-23-18-31(38(34,35)25-9-5-2-6-10-25)26-12-11-24(37-27(26)20-36-19-23)15-28(33)29-22-13-14-30(17-22)16-21-7-3-1-4-8-21/h1-10,22-24,26-27,32H,11-20H2,(H,29,33)/t22-,23+,24-,26+,27-/m0/s1. The lowest BCUT2D eigenvalue weighted by atomic mass is 9.96. The Bertz CT molecular complexity index is 1170. The minimum Gasteiger partial charge on any atom is -0.389 e. The highest BCUT2D eigenvalue weighted by Gasteiger charge is 2.43. The summed E-state index contributed by atoms with van der Waals surface area (Å²) in [5, 5.41) is 13.5. The summed E-state index contributed by atoms with van der Waals surface area (Å²) >= 11 is 0. The van der Waals surface area contributed by atoms with Crippen LogP contribution in [0.5, 0.6) is 0 Å². The fourth-order valence-corrected chi connectivity index (χ4v) is 7.47. The van der Waals surface area contributed by atoms with Crippen LogP contribution >= 0.6 is 0 Å². The Morgan fingerprint density at radius 1 is 0.974 bits per heavy atom. The van der Waals surface area contributed by atoms with E-state index in [0.29, 0.717) is 12.8 Å². The largest absolute Gasteiger partial charge is 0.389 e. The maximum absolute atomic E-state index is 13.5. The number of rotatable bonds is 7. The molecule has 0 spiro atoms. The molecule has 5 atom stereocenters. The van der Waals surface area contributed by atoms with Crippen molar-refractivity contribution in [1.29, 1.82) is 0 Å². The monoisotopic (exact) mass is 543 g/mol. The molecule has 1 amide bonds. The summed E-state index contributed by atoms with van der Waals surface area (Å²) in [5.74, 6) is -0.0454. The van der Waals surface area contributed by atoms with Crippen molar-refractivity contribution >= 4 is 15.9 Å². The Morgan fingerprint density at radius 3 is 2.47 bits per heavy atom. The van der Waals surface area contributed by atoms with Crippen LogP contribution in [0.25, 0.3) is 0 Å². The predicted molar refractivity (Wildman–Crippen MR) is 142 cm³/mol. The highest BCUT2D eigenvalue weighted by atomic mass is 32.2. The van der Waals surface area contributed by atoms with Crippen LogP contribution in [0.15, 0.2) is 65.6 Å². The molecule has 9 nitrogen and oxygen atoms in total. The van der Waals surface area contributed by atoms with Gasteiger partial charge in [-0.3, -0.25) is 9.69 Å². The first kappa shape index (κ1) is 27.2. The molecule has 3 saturated heterocycles. The molecule has 0 aliphatic carbocycles. The molecule has 0 aromatic heterocycles. The van der Waals surface area contributed by atoms with E-state index >= 15 is 0 Å². The van der Waals surface area contributed by atoms with Gasteiger partial charge in [-0.1, -0.05) is 48.5 Å². The van der Waals surface area contributed by atoms with Gasteiger partial charge in [-0.2, -0.15) is 4.31 Å². The molecular weight excluding hydrogens is 506 g/mol. The van der Waals surface area contributed by atoms with Crippen molar-refractivity contribution in [2.24, 2.45) is 0 Å². The maximum Gasteiger partial charge on any atom is 0.243 e. The Morgan fingerprint density at radius 2 is 1.71 bits per heavy atom. The van der Waals surface area contributed by atoms with Crippen molar-refractivity contribution in [3.63, 3.8) is 0 Å². The Labute approximate surface area is 224 Å². The van der Waals surface area contributed by atoms with Crippen molar-refractivity contribution in [1.82, 2.24) is 14.5 Å². The molecule has 3 heterocycles. The minimum absolute atomic E-state index is 0.0275. The third kappa shape index (κ3) is 6.62. The highest BCUT2D eigenvalue weighted by Crippen LogP contribution is 2.31. The molecular formula is C28H37N3O6S. The zero-order chi connectivity index (χ0) is 26.5. The molecule has 2 aromatic carbocycles. The van der Waals surface area contributed by atoms with Crippen molar-refractivity contribution < 1.29 is 27.8 Å². The molecule has 0 saturated carbocycles. The number of amides is 1. The van der Waals surface area contributed by atoms with E-state index in [1.165, 1.54) is 9.87 Å². The van der Waals surface area contributed by atoms with E-state index in [4.69, 9.17) is 9.47 Å². The van der Waals surface area contributed by atoms with E-state index in [9.17, 15) is 18.3 Å². The molecule has 3 aliphatic rings. The number of fused-ring (bicyclic) bond motifs is 1. The van der Waals surface area contributed by atoms with Gasteiger partial charge in [0.05, 0.1) is 48.9 Å². The topological polar surface area (TPSA) is 108 Å². The van der Waals surface area contributed by atoms with Gasteiger partial charge in [-0.05, 0) is 37.0 Å². The van der Waals surface area contributed by atoms with Crippen molar-refractivity contribution in [2.45, 2.75) is 67.5 Å². The SMILES string of the molecule is O=C(C[C@@H]1CC[C@@H]2[C@H](COC[C@H](O)CN2S(=O)(=O)c2ccccc2)O1)N[C@H]1CCN(Cc2ccccc2)C1. The number of nitrogens with one attached hydrogen (secondary N) is 1. The van der Waals surface area contributed by atoms with Gasteiger partial charge in [0.15, 0.2) is 0 Å². The molecule has 38 heavy (non-hydrogen) atoms. The summed E-state index contributed by atoms with van der Waals surface area (Å²) in [4.78, 5) is 15.4. The van der Waals surface area contributed by atoms with E-state index in [1.807, 2.05) is 18.2 Å². The lowest BCUT2D eigenvalue weighted by molar-refractivity contribution is -0.146. The van der Waals surface area contributed by atoms with Gasteiger partial charge in [0.25, 0.3) is 0 Å². The van der Waals surface area contributed by atoms with Crippen LogP contribution in [0.3, 0.4) is 0 Å². The molecule has 0 bridgehead atoms. The van der Waals surface area contributed by atoms with Gasteiger partial charge >= 0.3 is 0 Å². The van der Waals surface area contributed by atoms with Crippen LogP contribution in [-0.2, 0) is 30.8 Å². The molecule has 206 valence electrons. The quantitative estimate of drug-likeness (QED) is 0.548. The van der Waals surface area contributed by atoms with Crippen molar-refractivity contribution in [3.8, 4) is 0 Å². The van der Waals surface area contributed by atoms with Crippen LogP contribution in [0.2, 0.25) is 0 Å². The van der Waals surface area contributed by atoms with Crippen molar-refractivity contribution in [3.05, 3.63) is 66.2 Å². The van der Waals surface area contributed by atoms with Crippen molar-refractivity contribution in [2.75, 3.05) is 32.8 Å². The molecule has 2 N–H and O–H groups in total. The Hall–Kier alpha value is -2.34. The second-order valence-corrected chi connectivity index (χ2v) is 12.4. The van der Waals surface area contributed by atoms with E-state index in [-0.39, 0.29) is 49.1 Å². The third-order valence-corrected chi connectivity index (χ3v) is 9.49. The number of ether oxygens (including phenoxy) is 2. The predicted octanol–water partition coefficient (Wildman–Crippen LogP) is 1.77. The van der Waals surface area contributed by atoms with Crippen LogP contribution in [0.4, 0.5) is 0 Å². The summed E-state index contributed by atoms with van der Waals surface area (Å²) in [6.07, 6.45) is 0.470. The molecule has 10 heteroatoms. The summed E-state index contributed by atoms with van der Waals surface area (Å²) in [7, 11) is -3.84. The number of hydrogen-bond acceptors (Lipinski definition) is 7.